The number of halogens is 1. The first-order valence-electron chi connectivity index (χ1n) is 11.3. The maximum atomic E-state index is 13.3. The first-order valence-corrected chi connectivity index (χ1v) is 11.7. The number of hydrogen-bond acceptors (Lipinski definition) is 8. The molecule has 2 heterocycles. The Hall–Kier alpha value is -3.29. The Kier molecular flexibility index (Phi) is 8.01. The lowest BCUT2D eigenvalue weighted by Crippen LogP contribution is -2.59. The van der Waals surface area contributed by atoms with Crippen LogP contribution in [0.1, 0.15) is 12.0 Å². The first kappa shape index (κ1) is 25.8. The van der Waals surface area contributed by atoms with Crippen LogP contribution in [0.4, 0.5) is 5.69 Å². The van der Waals surface area contributed by atoms with Crippen molar-refractivity contribution in [3.63, 3.8) is 0 Å². The number of benzene rings is 1. The second kappa shape index (κ2) is 11.2. The number of amides is 3. The summed E-state index contributed by atoms with van der Waals surface area (Å²) in [4.78, 5) is 41.7. The molecule has 13 heteroatoms. The van der Waals surface area contributed by atoms with Crippen LogP contribution >= 0.6 is 11.6 Å². The molecule has 2 fully saturated rings. The number of amidine groups is 1. The SMILES string of the molecule is N=C(N)c1ccc(NC(=O)[C@H](NO)[C@H]2OCCN(C3=CC(N4CCOCC4=O)CC=C3)C2=O)cc1Cl. The highest BCUT2D eigenvalue weighted by Gasteiger charge is 2.41. The number of rotatable bonds is 7. The van der Waals surface area contributed by atoms with Crippen LogP contribution in [0, 0.1) is 5.41 Å². The zero-order valence-electron chi connectivity index (χ0n) is 19.3. The van der Waals surface area contributed by atoms with Gasteiger partial charge < -0.3 is 35.5 Å². The van der Waals surface area contributed by atoms with E-state index in [9.17, 15) is 19.6 Å². The number of nitrogens with zero attached hydrogens (tertiary/aromatic N) is 2. The molecule has 4 rings (SSSR count). The van der Waals surface area contributed by atoms with Crippen LogP contribution in [0.2, 0.25) is 5.02 Å². The van der Waals surface area contributed by atoms with Gasteiger partial charge in [-0.1, -0.05) is 17.7 Å². The average molecular weight is 519 g/mol. The van der Waals surface area contributed by atoms with Gasteiger partial charge in [-0.2, -0.15) is 5.48 Å². The Bertz CT molecular complexity index is 1120. The summed E-state index contributed by atoms with van der Waals surface area (Å²) < 4.78 is 10.8. The Morgan fingerprint density at radius 2 is 2.08 bits per heavy atom. The van der Waals surface area contributed by atoms with E-state index in [4.69, 9.17) is 32.2 Å². The summed E-state index contributed by atoms with van der Waals surface area (Å²) in [5.41, 5.74) is 8.51. The summed E-state index contributed by atoms with van der Waals surface area (Å²) >= 11 is 6.11. The van der Waals surface area contributed by atoms with Gasteiger partial charge in [-0.05, 0) is 36.8 Å². The molecule has 3 amide bonds. The molecule has 1 unspecified atom stereocenters. The molecule has 0 bridgehead atoms. The summed E-state index contributed by atoms with van der Waals surface area (Å²) in [6, 6.07) is 2.74. The third-order valence-electron chi connectivity index (χ3n) is 6.14. The van der Waals surface area contributed by atoms with E-state index >= 15 is 0 Å². The zero-order chi connectivity index (χ0) is 25.8. The zero-order valence-corrected chi connectivity index (χ0v) is 20.0. The van der Waals surface area contributed by atoms with Crippen molar-refractivity contribution in [3.8, 4) is 0 Å². The van der Waals surface area contributed by atoms with Gasteiger partial charge in [-0.15, -0.1) is 0 Å². The van der Waals surface area contributed by atoms with Gasteiger partial charge in [0.1, 0.15) is 18.5 Å². The Morgan fingerprint density at radius 1 is 1.28 bits per heavy atom. The number of nitrogens with two attached hydrogens (primary N) is 1. The van der Waals surface area contributed by atoms with Gasteiger partial charge >= 0.3 is 0 Å². The highest BCUT2D eigenvalue weighted by Crippen LogP contribution is 2.25. The van der Waals surface area contributed by atoms with Crippen molar-refractivity contribution in [1.29, 1.82) is 5.41 Å². The molecule has 0 radical (unpaired) electrons. The number of ether oxygens (including phenoxy) is 2. The van der Waals surface area contributed by atoms with Crippen LogP contribution in [0.3, 0.4) is 0 Å². The molecule has 1 aromatic carbocycles. The lowest BCUT2D eigenvalue weighted by molar-refractivity contribution is -0.158. The minimum atomic E-state index is -1.42. The van der Waals surface area contributed by atoms with E-state index in [1.807, 2.05) is 17.6 Å². The summed E-state index contributed by atoms with van der Waals surface area (Å²) in [5, 5.41) is 20.0. The maximum Gasteiger partial charge on any atom is 0.258 e. The highest BCUT2D eigenvalue weighted by molar-refractivity contribution is 6.34. The number of morpholine rings is 2. The van der Waals surface area contributed by atoms with E-state index < -0.39 is 24.0 Å². The van der Waals surface area contributed by atoms with E-state index in [0.29, 0.717) is 30.8 Å². The molecule has 192 valence electrons. The van der Waals surface area contributed by atoms with Gasteiger partial charge in [0.2, 0.25) is 11.8 Å². The normalized spacial score (nSPS) is 23.3. The molecular weight excluding hydrogens is 492 g/mol. The van der Waals surface area contributed by atoms with Crippen LogP contribution in [0.15, 0.2) is 42.1 Å². The Balaban J connectivity index is 1.48. The number of carbonyl (C=O) groups excluding carboxylic acids is 3. The van der Waals surface area contributed by atoms with Crippen LogP contribution in [0.5, 0.6) is 0 Å². The Morgan fingerprint density at radius 3 is 2.78 bits per heavy atom. The van der Waals surface area contributed by atoms with Gasteiger partial charge in [-0.3, -0.25) is 19.8 Å². The number of hydroxylamine groups is 1. The van der Waals surface area contributed by atoms with Gasteiger partial charge in [-0.25, -0.2) is 0 Å². The molecule has 3 atom stereocenters. The molecule has 36 heavy (non-hydrogen) atoms. The average Bonchev–Trinajstić information content (AvgIpc) is 2.85. The fourth-order valence-electron chi connectivity index (χ4n) is 4.32. The van der Waals surface area contributed by atoms with Crippen molar-refractivity contribution in [3.05, 3.63) is 52.7 Å². The number of nitrogen functional groups attached to an aromatic ring is 1. The van der Waals surface area contributed by atoms with Crippen molar-refractivity contribution in [2.24, 2.45) is 5.73 Å². The van der Waals surface area contributed by atoms with Crippen molar-refractivity contribution in [1.82, 2.24) is 15.3 Å². The van der Waals surface area contributed by atoms with Crippen LogP contribution < -0.4 is 16.5 Å². The molecule has 2 saturated heterocycles. The Labute approximate surface area is 212 Å². The molecule has 0 spiro atoms. The topological polar surface area (TPSA) is 170 Å². The molecule has 1 aliphatic carbocycles. The summed E-state index contributed by atoms with van der Waals surface area (Å²) in [6.07, 6.45) is 4.84. The smallest absolute Gasteiger partial charge is 0.258 e. The van der Waals surface area contributed by atoms with E-state index in [2.05, 4.69) is 5.32 Å². The number of allylic oxidation sites excluding steroid dienone is 1. The molecule has 2 aliphatic heterocycles. The maximum absolute atomic E-state index is 13.3. The van der Waals surface area contributed by atoms with Crippen LogP contribution in [0.25, 0.3) is 0 Å². The molecule has 6 N–H and O–H groups in total. The molecular formula is C23H27ClN6O6. The predicted octanol–water partition coefficient (Wildman–Crippen LogP) is 0.209. The van der Waals surface area contributed by atoms with E-state index in [-0.39, 0.29) is 48.3 Å². The minimum Gasteiger partial charge on any atom is -0.384 e. The van der Waals surface area contributed by atoms with Crippen LogP contribution in [-0.4, -0.2) is 89.7 Å². The second-order valence-corrected chi connectivity index (χ2v) is 8.83. The quantitative estimate of drug-likeness (QED) is 0.194. The van der Waals surface area contributed by atoms with E-state index in [1.165, 1.54) is 23.1 Å². The van der Waals surface area contributed by atoms with E-state index in [0.717, 1.165) is 0 Å². The lowest BCUT2D eigenvalue weighted by atomic mass is 10.0. The third kappa shape index (κ3) is 5.42. The lowest BCUT2D eigenvalue weighted by Gasteiger charge is -2.38. The highest BCUT2D eigenvalue weighted by atomic mass is 35.5. The van der Waals surface area contributed by atoms with Crippen molar-refractivity contribution < 1.29 is 29.1 Å². The summed E-state index contributed by atoms with van der Waals surface area (Å²) in [6.45, 7) is 1.33. The molecule has 0 saturated carbocycles. The standard InChI is InChI=1S/C23H27ClN6O6/c24-17-10-13(4-5-16(17)21(25)26)27-22(32)19(28-34)20-23(33)30(7-9-36-20)15-3-1-2-14(11-15)29-6-8-35-12-18(29)31/h1,3-5,10-11,14,19-20,28,34H,2,6-9,12H2,(H3,25,26)(H,27,32)/t14?,19-,20-/m1/s1. The molecule has 12 nitrogen and oxygen atoms in total. The fraction of sp³-hybridized carbons (Fsp3) is 0.391. The first-order chi connectivity index (χ1) is 17.3. The largest absolute Gasteiger partial charge is 0.384 e. The van der Waals surface area contributed by atoms with E-state index in [1.54, 1.807) is 11.0 Å². The van der Waals surface area contributed by atoms with Gasteiger partial charge in [0.05, 0.1) is 24.3 Å². The number of nitrogens with one attached hydrogen (secondary N) is 3. The predicted molar refractivity (Wildman–Crippen MR) is 129 cm³/mol. The van der Waals surface area contributed by atoms with Crippen molar-refractivity contribution >= 4 is 40.8 Å². The van der Waals surface area contributed by atoms with Gasteiger partial charge in [0, 0.05) is 30.0 Å². The number of anilines is 1. The third-order valence-corrected chi connectivity index (χ3v) is 6.45. The minimum absolute atomic E-state index is 0.0313. The monoisotopic (exact) mass is 518 g/mol. The molecule has 3 aliphatic rings. The second-order valence-electron chi connectivity index (χ2n) is 8.42. The molecule has 1 aromatic rings. The van der Waals surface area contributed by atoms with Gasteiger partial charge in [0.25, 0.3) is 5.91 Å². The number of carbonyl (C=O) groups is 3. The number of hydrogen-bond donors (Lipinski definition) is 5. The van der Waals surface area contributed by atoms with Crippen LogP contribution in [-0.2, 0) is 23.9 Å². The fourth-order valence-corrected chi connectivity index (χ4v) is 4.61. The van der Waals surface area contributed by atoms with Crippen molar-refractivity contribution in [2.75, 3.05) is 38.2 Å². The summed E-state index contributed by atoms with van der Waals surface area (Å²) in [5.74, 6) is -1.58. The van der Waals surface area contributed by atoms with Gasteiger partial charge in [0.15, 0.2) is 6.10 Å². The van der Waals surface area contributed by atoms with Crippen molar-refractivity contribution in [2.45, 2.75) is 24.6 Å². The molecule has 0 aromatic heterocycles. The summed E-state index contributed by atoms with van der Waals surface area (Å²) in [7, 11) is 0.